The molecule has 2 aromatic carbocycles. The zero-order valence-electron chi connectivity index (χ0n) is 19.0. The molecule has 3 atom stereocenters. The topological polar surface area (TPSA) is 128 Å². The Morgan fingerprint density at radius 2 is 1.71 bits per heavy atom. The van der Waals surface area contributed by atoms with E-state index in [9.17, 15) is 24.5 Å². The van der Waals surface area contributed by atoms with Crippen molar-refractivity contribution in [1.82, 2.24) is 10.2 Å². The third kappa shape index (κ3) is 6.77. The Hall–Kier alpha value is -3.95. The number of nitro benzene ring substituents is 1. The summed E-state index contributed by atoms with van der Waals surface area (Å²) < 4.78 is 10.9. The fourth-order valence-electron chi connectivity index (χ4n) is 3.92. The van der Waals surface area contributed by atoms with Crippen molar-refractivity contribution in [2.45, 2.75) is 38.0 Å². The number of alkyl carbamates (subject to hydrolysis) is 1. The van der Waals surface area contributed by atoms with Crippen molar-refractivity contribution in [1.29, 1.82) is 0 Å². The zero-order chi connectivity index (χ0) is 24.7. The summed E-state index contributed by atoms with van der Waals surface area (Å²) in [7, 11) is 3.29. The number of rotatable bonds is 7. The lowest BCUT2D eigenvalue weighted by Gasteiger charge is -2.35. The first-order chi connectivity index (χ1) is 16.2. The zero-order valence-corrected chi connectivity index (χ0v) is 19.0. The summed E-state index contributed by atoms with van der Waals surface area (Å²) in [6, 6.07) is 13.9. The summed E-state index contributed by atoms with van der Waals surface area (Å²) in [6.45, 7) is 0.109. The van der Waals surface area contributed by atoms with Gasteiger partial charge in [0.15, 0.2) is 0 Å². The van der Waals surface area contributed by atoms with Crippen LogP contribution in [0, 0.1) is 16.0 Å². The number of nitrogens with zero attached hydrogens (tertiary/aromatic N) is 2. The van der Waals surface area contributed by atoms with Crippen LogP contribution in [0.15, 0.2) is 54.6 Å². The molecule has 2 amide bonds. The normalized spacial score (nSPS) is 19.5. The number of esters is 1. The van der Waals surface area contributed by atoms with Gasteiger partial charge in [-0.2, -0.15) is 0 Å². The number of hydrogen-bond donors (Lipinski definition) is 1. The van der Waals surface area contributed by atoms with Gasteiger partial charge < -0.3 is 19.7 Å². The molecular weight excluding hydrogens is 442 g/mol. The van der Waals surface area contributed by atoms with E-state index in [2.05, 4.69) is 5.32 Å². The fourth-order valence-corrected chi connectivity index (χ4v) is 3.92. The molecule has 2 aromatic rings. The molecule has 1 N–H and O–H groups in total. The number of carbonyl (C=O) groups excluding carboxylic acids is 3. The molecule has 0 aromatic heterocycles. The smallest absolute Gasteiger partial charge is 0.407 e. The SMILES string of the molecule is CN(C)C(=O)C1CC(NC(=O)OCc2ccccc2)CC(OC(=O)c2ccc([N+](=O)[O-])cc2)C1. The van der Waals surface area contributed by atoms with Crippen molar-refractivity contribution in [2.24, 2.45) is 5.92 Å². The standard InChI is InChI=1S/C24H27N3O7/c1-26(2)22(28)18-12-19(25-24(30)33-15-16-6-4-3-5-7-16)14-21(13-18)34-23(29)17-8-10-20(11-9-17)27(31)32/h3-11,18-19,21H,12-15H2,1-2H3,(H,25,30). The highest BCUT2D eigenvalue weighted by Crippen LogP contribution is 2.29. The second kappa shape index (κ2) is 11.3. The molecule has 1 saturated carbocycles. The van der Waals surface area contributed by atoms with Crippen molar-refractivity contribution in [3.8, 4) is 0 Å². The molecule has 3 rings (SSSR count). The first kappa shape index (κ1) is 24.7. The first-order valence-corrected chi connectivity index (χ1v) is 10.9. The fraction of sp³-hybridized carbons (Fsp3) is 0.375. The van der Waals surface area contributed by atoms with Gasteiger partial charge in [-0.15, -0.1) is 0 Å². The van der Waals surface area contributed by atoms with Crippen LogP contribution < -0.4 is 5.32 Å². The third-order valence-corrected chi connectivity index (χ3v) is 5.58. The van der Waals surface area contributed by atoms with E-state index in [-0.39, 0.29) is 23.8 Å². The maximum atomic E-state index is 12.6. The van der Waals surface area contributed by atoms with Crippen LogP contribution in [0.2, 0.25) is 0 Å². The summed E-state index contributed by atoms with van der Waals surface area (Å²) in [5.41, 5.74) is 0.874. The van der Waals surface area contributed by atoms with Crippen LogP contribution in [0.5, 0.6) is 0 Å². The summed E-state index contributed by atoms with van der Waals surface area (Å²) in [4.78, 5) is 49.3. The van der Waals surface area contributed by atoms with Crippen molar-refractivity contribution in [2.75, 3.05) is 14.1 Å². The molecule has 180 valence electrons. The van der Waals surface area contributed by atoms with E-state index in [1.807, 2.05) is 30.3 Å². The Kier molecular flexibility index (Phi) is 8.18. The van der Waals surface area contributed by atoms with E-state index in [0.717, 1.165) is 5.56 Å². The van der Waals surface area contributed by atoms with Gasteiger partial charge in [0, 0.05) is 44.6 Å². The molecule has 0 radical (unpaired) electrons. The molecule has 1 aliphatic carbocycles. The van der Waals surface area contributed by atoms with Crippen LogP contribution in [-0.2, 0) is 20.9 Å². The minimum atomic E-state index is -0.650. The number of nitro groups is 1. The van der Waals surface area contributed by atoms with Crippen LogP contribution in [0.25, 0.3) is 0 Å². The third-order valence-electron chi connectivity index (χ3n) is 5.58. The van der Waals surface area contributed by atoms with Crippen molar-refractivity contribution in [3.63, 3.8) is 0 Å². The number of benzene rings is 2. The van der Waals surface area contributed by atoms with Crippen LogP contribution in [0.3, 0.4) is 0 Å². The molecule has 0 aliphatic heterocycles. The van der Waals surface area contributed by atoms with E-state index in [4.69, 9.17) is 9.47 Å². The van der Waals surface area contributed by atoms with E-state index in [1.165, 1.54) is 29.2 Å². The number of non-ortho nitro benzene ring substituents is 1. The van der Waals surface area contributed by atoms with E-state index < -0.39 is 35.0 Å². The lowest BCUT2D eigenvalue weighted by molar-refractivity contribution is -0.384. The van der Waals surface area contributed by atoms with Gasteiger partial charge in [-0.1, -0.05) is 30.3 Å². The Labute approximate surface area is 197 Å². The molecule has 0 spiro atoms. The van der Waals surface area contributed by atoms with Crippen molar-refractivity contribution in [3.05, 3.63) is 75.8 Å². The Morgan fingerprint density at radius 3 is 2.32 bits per heavy atom. The highest BCUT2D eigenvalue weighted by molar-refractivity contribution is 5.89. The van der Waals surface area contributed by atoms with Crippen LogP contribution in [0.4, 0.5) is 10.5 Å². The average Bonchev–Trinajstić information content (AvgIpc) is 2.82. The summed E-state index contributed by atoms with van der Waals surface area (Å²) in [6.07, 6.45) is -0.219. The maximum Gasteiger partial charge on any atom is 0.407 e. The number of nitrogens with one attached hydrogen (secondary N) is 1. The summed E-state index contributed by atoms with van der Waals surface area (Å²) in [5, 5.41) is 13.6. The van der Waals surface area contributed by atoms with Gasteiger partial charge in [-0.25, -0.2) is 9.59 Å². The number of carbonyl (C=O) groups is 3. The Bertz CT molecular complexity index is 1020. The van der Waals surface area contributed by atoms with Gasteiger partial charge >= 0.3 is 12.1 Å². The van der Waals surface area contributed by atoms with Gasteiger partial charge in [0.25, 0.3) is 5.69 Å². The van der Waals surface area contributed by atoms with E-state index >= 15 is 0 Å². The number of hydrogen-bond acceptors (Lipinski definition) is 7. The quantitative estimate of drug-likeness (QED) is 0.374. The Balaban J connectivity index is 1.63. The number of ether oxygens (including phenoxy) is 2. The second-order valence-electron chi connectivity index (χ2n) is 8.37. The summed E-state index contributed by atoms with van der Waals surface area (Å²) >= 11 is 0. The van der Waals surface area contributed by atoms with Crippen LogP contribution in [0.1, 0.15) is 35.2 Å². The molecule has 10 heteroatoms. The number of amides is 2. The molecule has 3 unspecified atom stereocenters. The van der Waals surface area contributed by atoms with Gasteiger partial charge in [-0.3, -0.25) is 14.9 Å². The van der Waals surface area contributed by atoms with Gasteiger partial charge in [0.1, 0.15) is 12.7 Å². The predicted octanol–water partition coefficient (Wildman–Crippen LogP) is 3.30. The predicted molar refractivity (Wildman–Crippen MR) is 122 cm³/mol. The molecular formula is C24H27N3O7. The maximum absolute atomic E-state index is 12.6. The molecule has 0 heterocycles. The van der Waals surface area contributed by atoms with Crippen molar-refractivity contribution < 1.29 is 28.8 Å². The summed E-state index contributed by atoms with van der Waals surface area (Å²) in [5.74, 6) is -1.22. The van der Waals surface area contributed by atoms with Crippen molar-refractivity contribution >= 4 is 23.7 Å². The van der Waals surface area contributed by atoms with Crippen LogP contribution in [-0.4, -0.2) is 54.0 Å². The van der Waals surface area contributed by atoms with Gasteiger partial charge in [-0.05, 0) is 30.5 Å². The largest absolute Gasteiger partial charge is 0.459 e. The molecule has 1 aliphatic rings. The minimum absolute atomic E-state index is 0.109. The van der Waals surface area contributed by atoms with Crippen LogP contribution >= 0.6 is 0 Å². The molecule has 1 fully saturated rings. The molecule has 34 heavy (non-hydrogen) atoms. The van der Waals surface area contributed by atoms with E-state index in [1.54, 1.807) is 14.1 Å². The second-order valence-corrected chi connectivity index (χ2v) is 8.37. The lowest BCUT2D eigenvalue weighted by atomic mass is 9.83. The van der Waals surface area contributed by atoms with Gasteiger partial charge in [0.05, 0.1) is 10.5 Å². The molecule has 0 bridgehead atoms. The Morgan fingerprint density at radius 1 is 1.03 bits per heavy atom. The molecule has 0 saturated heterocycles. The minimum Gasteiger partial charge on any atom is -0.459 e. The monoisotopic (exact) mass is 469 g/mol. The lowest BCUT2D eigenvalue weighted by Crippen LogP contribution is -2.47. The highest BCUT2D eigenvalue weighted by Gasteiger charge is 2.36. The average molecular weight is 469 g/mol. The first-order valence-electron chi connectivity index (χ1n) is 10.9. The highest BCUT2D eigenvalue weighted by atomic mass is 16.6. The molecule has 10 nitrogen and oxygen atoms in total. The van der Waals surface area contributed by atoms with Gasteiger partial charge in [0.2, 0.25) is 5.91 Å². The van der Waals surface area contributed by atoms with E-state index in [0.29, 0.717) is 19.3 Å².